The Labute approximate surface area is 175 Å². The summed E-state index contributed by atoms with van der Waals surface area (Å²) in [6.45, 7) is 10.4. The monoisotopic (exact) mass is 413 g/mol. The fourth-order valence-corrected chi connectivity index (χ4v) is 4.14. The summed E-state index contributed by atoms with van der Waals surface area (Å²) in [6, 6.07) is 3.98. The van der Waals surface area contributed by atoms with E-state index in [2.05, 4.69) is 43.7 Å². The number of halogens is 1. The van der Waals surface area contributed by atoms with Crippen LogP contribution in [0.15, 0.2) is 24.5 Å². The van der Waals surface area contributed by atoms with E-state index in [1.807, 2.05) is 26.8 Å². The molecule has 0 radical (unpaired) electrons. The first-order valence-corrected chi connectivity index (χ1v) is 10.2. The molecule has 9 heteroatoms. The average molecular weight is 414 g/mol. The zero-order valence-electron chi connectivity index (χ0n) is 18.0. The molecular formula is C21H28FN7O. The third-order valence-corrected chi connectivity index (χ3v) is 5.59. The topological polar surface area (TPSA) is 92.0 Å². The van der Waals surface area contributed by atoms with Crippen LogP contribution < -0.4 is 10.2 Å². The van der Waals surface area contributed by atoms with Crippen molar-refractivity contribution in [2.45, 2.75) is 52.9 Å². The maximum atomic E-state index is 14.3. The fraction of sp³-hybridized carbons (Fsp3) is 0.524. The van der Waals surface area contributed by atoms with Gasteiger partial charge in [-0.1, -0.05) is 13.8 Å². The molecule has 0 aliphatic carbocycles. The van der Waals surface area contributed by atoms with E-state index in [1.54, 1.807) is 23.4 Å². The Kier molecular flexibility index (Phi) is 5.09. The van der Waals surface area contributed by atoms with Gasteiger partial charge in [0, 0.05) is 30.3 Å². The Morgan fingerprint density at radius 2 is 2.00 bits per heavy atom. The lowest BCUT2D eigenvalue weighted by Gasteiger charge is -2.43. The van der Waals surface area contributed by atoms with Crippen LogP contribution in [-0.4, -0.2) is 55.0 Å². The van der Waals surface area contributed by atoms with Gasteiger partial charge in [0.1, 0.15) is 29.1 Å². The number of alkyl halides is 1. The number of nitrogens with zero attached hydrogens (tertiary/aromatic N) is 6. The molecule has 1 saturated heterocycles. The lowest BCUT2D eigenvalue weighted by Crippen LogP contribution is -2.55. The van der Waals surface area contributed by atoms with E-state index in [4.69, 9.17) is 0 Å². The number of aliphatic hydroxyl groups is 1. The maximum Gasteiger partial charge on any atom is 0.227 e. The molecule has 2 atom stereocenters. The predicted octanol–water partition coefficient (Wildman–Crippen LogP) is 3.40. The molecule has 3 aromatic rings. The first-order chi connectivity index (χ1) is 14.2. The van der Waals surface area contributed by atoms with Crippen molar-refractivity contribution in [3.8, 4) is 0 Å². The number of imidazole rings is 1. The summed E-state index contributed by atoms with van der Waals surface area (Å²) >= 11 is 0. The van der Waals surface area contributed by atoms with E-state index in [1.165, 1.54) is 0 Å². The Morgan fingerprint density at radius 3 is 2.70 bits per heavy atom. The number of fused-ring (bicyclic) bond motifs is 1. The van der Waals surface area contributed by atoms with E-state index in [0.717, 1.165) is 16.9 Å². The maximum absolute atomic E-state index is 14.3. The van der Waals surface area contributed by atoms with Crippen LogP contribution in [0.3, 0.4) is 0 Å². The standard InChI is InChI=1S/C21H28FN7O/c1-12(2)29-13(3)25-15-9-24-18(8-16(15)29)26-17-6-7-23-20(27-17)28-10-14(22)19(30)21(4,5)11-28/h6-9,12,14,19,30H,10-11H2,1-5H3,(H,23,24,26,27)/t14-,19-/m0/s1. The lowest BCUT2D eigenvalue weighted by molar-refractivity contribution is -0.0257. The predicted molar refractivity (Wildman–Crippen MR) is 115 cm³/mol. The molecule has 0 bridgehead atoms. The average Bonchev–Trinajstić information content (AvgIpc) is 3.01. The molecule has 2 N–H and O–H groups in total. The minimum atomic E-state index is -1.35. The third-order valence-electron chi connectivity index (χ3n) is 5.59. The summed E-state index contributed by atoms with van der Waals surface area (Å²) in [6.07, 6.45) is 1.03. The van der Waals surface area contributed by atoms with Crippen molar-refractivity contribution < 1.29 is 9.50 Å². The van der Waals surface area contributed by atoms with Crippen LogP contribution in [0.5, 0.6) is 0 Å². The van der Waals surface area contributed by atoms with Gasteiger partial charge >= 0.3 is 0 Å². The Hall–Kier alpha value is -2.81. The van der Waals surface area contributed by atoms with Gasteiger partial charge in [-0.05, 0) is 26.8 Å². The second-order valence-electron chi connectivity index (χ2n) is 8.88. The van der Waals surface area contributed by atoms with E-state index in [-0.39, 0.29) is 12.6 Å². The van der Waals surface area contributed by atoms with Crippen molar-refractivity contribution in [3.63, 3.8) is 0 Å². The molecule has 4 heterocycles. The van der Waals surface area contributed by atoms with Gasteiger partial charge < -0.3 is 19.9 Å². The van der Waals surface area contributed by atoms with Gasteiger partial charge in [0.05, 0.1) is 24.4 Å². The van der Waals surface area contributed by atoms with Crippen molar-refractivity contribution >= 4 is 28.6 Å². The second kappa shape index (κ2) is 7.46. The molecule has 0 saturated carbocycles. The minimum Gasteiger partial charge on any atom is -0.389 e. The number of piperidine rings is 1. The van der Waals surface area contributed by atoms with Gasteiger partial charge in [-0.3, -0.25) is 0 Å². The molecular weight excluding hydrogens is 385 g/mol. The number of anilines is 3. The van der Waals surface area contributed by atoms with Crippen molar-refractivity contribution in [2.24, 2.45) is 5.41 Å². The summed E-state index contributed by atoms with van der Waals surface area (Å²) in [7, 11) is 0. The van der Waals surface area contributed by atoms with Crippen LogP contribution >= 0.6 is 0 Å². The number of nitrogens with one attached hydrogen (secondary N) is 1. The van der Waals surface area contributed by atoms with Crippen molar-refractivity contribution in [1.29, 1.82) is 0 Å². The quantitative estimate of drug-likeness (QED) is 0.677. The minimum absolute atomic E-state index is 0.0606. The van der Waals surface area contributed by atoms with Gasteiger partial charge in [0.2, 0.25) is 5.95 Å². The Morgan fingerprint density at radius 1 is 1.23 bits per heavy atom. The largest absolute Gasteiger partial charge is 0.389 e. The highest BCUT2D eigenvalue weighted by atomic mass is 19.1. The summed E-state index contributed by atoms with van der Waals surface area (Å²) in [5.41, 5.74) is 1.25. The highest BCUT2D eigenvalue weighted by Gasteiger charge is 2.42. The van der Waals surface area contributed by atoms with E-state index in [9.17, 15) is 9.50 Å². The molecule has 8 nitrogen and oxygen atoms in total. The van der Waals surface area contributed by atoms with Crippen LogP contribution in [-0.2, 0) is 0 Å². The van der Waals surface area contributed by atoms with Crippen molar-refractivity contribution in [1.82, 2.24) is 24.5 Å². The van der Waals surface area contributed by atoms with Crippen molar-refractivity contribution in [3.05, 3.63) is 30.4 Å². The molecule has 160 valence electrons. The van der Waals surface area contributed by atoms with E-state index < -0.39 is 17.7 Å². The molecule has 1 aliphatic rings. The zero-order chi connectivity index (χ0) is 21.6. The van der Waals surface area contributed by atoms with Crippen LogP contribution in [0.1, 0.15) is 39.6 Å². The number of pyridine rings is 1. The van der Waals surface area contributed by atoms with Gasteiger partial charge in [0.25, 0.3) is 0 Å². The summed E-state index contributed by atoms with van der Waals surface area (Å²) in [4.78, 5) is 19.7. The molecule has 3 aromatic heterocycles. The van der Waals surface area contributed by atoms with Gasteiger partial charge in [0.15, 0.2) is 0 Å². The number of aliphatic hydroxyl groups excluding tert-OH is 1. The number of aryl methyl sites for hydroxylation is 1. The lowest BCUT2D eigenvalue weighted by atomic mass is 9.80. The van der Waals surface area contributed by atoms with Crippen LogP contribution in [0.4, 0.5) is 22.0 Å². The van der Waals surface area contributed by atoms with Crippen molar-refractivity contribution in [2.75, 3.05) is 23.3 Å². The molecule has 1 aliphatic heterocycles. The van der Waals surface area contributed by atoms with Gasteiger partial charge in [-0.2, -0.15) is 4.98 Å². The summed E-state index contributed by atoms with van der Waals surface area (Å²) in [5.74, 6) is 2.58. The molecule has 30 heavy (non-hydrogen) atoms. The fourth-order valence-electron chi connectivity index (χ4n) is 4.14. The first-order valence-electron chi connectivity index (χ1n) is 10.2. The molecule has 4 rings (SSSR count). The highest BCUT2D eigenvalue weighted by molar-refractivity contribution is 5.79. The Bertz CT molecular complexity index is 1060. The van der Waals surface area contributed by atoms with E-state index in [0.29, 0.717) is 24.1 Å². The number of rotatable bonds is 4. The molecule has 0 unspecified atom stereocenters. The first kappa shape index (κ1) is 20.5. The number of hydrogen-bond donors (Lipinski definition) is 2. The number of aromatic nitrogens is 5. The normalized spacial score (nSPS) is 21.4. The summed E-state index contributed by atoms with van der Waals surface area (Å²) in [5, 5.41) is 13.3. The van der Waals surface area contributed by atoms with Crippen LogP contribution in [0.2, 0.25) is 0 Å². The Balaban J connectivity index is 1.60. The van der Waals surface area contributed by atoms with E-state index >= 15 is 0 Å². The SMILES string of the molecule is Cc1nc2cnc(Nc3ccnc(N4C[C@H](F)[C@H](O)C(C)(C)C4)n3)cc2n1C(C)C. The smallest absolute Gasteiger partial charge is 0.227 e. The third kappa shape index (κ3) is 3.69. The second-order valence-corrected chi connectivity index (χ2v) is 8.88. The van der Waals surface area contributed by atoms with Crippen LogP contribution in [0, 0.1) is 12.3 Å². The molecule has 1 fully saturated rings. The number of hydrogen-bond acceptors (Lipinski definition) is 7. The molecule has 0 aromatic carbocycles. The van der Waals surface area contributed by atoms with Crippen LogP contribution in [0.25, 0.3) is 11.0 Å². The van der Waals surface area contributed by atoms with Gasteiger partial charge in [-0.15, -0.1) is 0 Å². The highest BCUT2D eigenvalue weighted by Crippen LogP contribution is 2.33. The van der Waals surface area contributed by atoms with Gasteiger partial charge in [-0.25, -0.2) is 19.3 Å². The zero-order valence-corrected chi connectivity index (χ0v) is 18.0. The summed E-state index contributed by atoms with van der Waals surface area (Å²) < 4.78 is 16.5. The molecule has 0 amide bonds. The molecule has 0 spiro atoms.